The first-order valence-electron chi connectivity index (χ1n) is 11.9. The Labute approximate surface area is 204 Å². The van der Waals surface area contributed by atoms with E-state index in [9.17, 15) is 9.59 Å². The van der Waals surface area contributed by atoms with Crippen LogP contribution in [-0.2, 0) is 14.4 Å². The SMILES string of the molecule is Cc1cc(C)c(N2C(=O)C3ON(c4ccccc4)C(c4cccc5ccccc45)C3C2=O)c(C)c1. The van der Waals surface area contributed by atoms with E-state index in [1.54, 1.807) is 5.06 Å². The number of nitrogens with zero attached hydrogens (tertiary/aromatic N) is 2. The van der Waals surface area contributed by atoms with E-state index in [-0.39, 0.29) is 11.8 Å². The number of hydroxylamine groups is 1. The van der Waals surface area contributed by atoms with Gasteiger partial charge in [-0.3, -0.25) is 14.4 Å². The molecule has 0 spiro atoms. The molecule has 0 aromatic heterocycles. The predicted molar refractivity (Wildman–Crippen MR) is 137 cm³/mol. The van der Waals surface area contributed by atoms with Crippen molar-refractivity contribution in [3.63, 3.8) is 0 Å². The number of anilines is 2. The number of amides is 2. The summed E-state index contributed by atoms with van der Waals surface area (Å²) in [5.41, 5.74) is 5.38. The van der Waals surface area contributed by atoms with Crippen molar-refractivity contribution in [2.45, 2.75) is 32.9 Å². The minimum Gasteiger partial charge on any atom is -0.273 e. The third-order valence-electron chi connectivity index (χ3n) is 7.13. The molecule has 4 aromatic carbocycles. The Morgan fingerprint density at radius 3 is 2.14 bits per heavy atom. The molecule has 4 aromatic rings. The molecule has 2 aliphatic rings. The number of carbonyl (C=O) groups excluding carboxylic acids is 2. The maximum absolute atomic E-state index is 14.1. The topological polar surface area (TPSA) is 49.9 Å². The lowest BCUT2D eigenvalue weighted by Gasteiger charge is -2.30. The fourth-order valence-electron chi connectivity index (χ4n) is 5.78. The van der Waals surface area contributed by atoms with Crippen molar-refractivity contribution in [1.82, 2.24) is 0 Å². The highest BCUT2D eigenvalue weighted by Gasteiger charge is 2.60. The van der Waals surface area contributed by atoms with Gasteiger partial charge in [0.25, 0.3) is 5.91 Å². The molecule has 6 rings (SSSR count). The fourth-order valence-corrected chi connectivity index (χ4v) is 5.78. The van der Waals surface area contributed by atoms with Crippen molar-refractivity contribution in [2.75, 3.05) is 9.96 Å². The van der Waals surface area contributed by atoms with Crippen LogP contribution in [0.2, 0.25) is 0 Å². The summed E-state index contributed by atoms with van der Waals surface area (Å²) in [4.78, 5) is 35.5. The first kappa shape index (κ1) is 21.6. The van der Waals surface area contributed by atoms with Gasteiger partial charge in [0.1, 0.15) is 5.92 Å². The summed E-state index contributed by atoms with van der Waals surface area (Å²) in [6.07, 6.45) is -0.883. The zero-order chi connectivity index (χ0) is 24.3. The molecule has 2 saturated heterocycles. The second-order valence-corrected chi connectivity index (χ2v) is 9.49. The largest absolute Gasteiger partial charge is 0.273 e. The smallest absolute Gasteiger partial charge is 0.266 e. The molecule has 3 atom stereocenters. The monoisotopic (exact) mass is 462 g/mol. The van der Waals surface area contributed by atoms with E-state index in [4.69, 9.17) is 4.84 Å². The molecule has 0 bridgehead atoms. The molecule has 5 nitrogen and oxygen atoms in total. The molecule has 2 heterocycles. The number of rotatable bonds is 3. The van der Waals surface area contributed by atoms with Gasteiger partial charge in [0.15, 0.2) is 6.10 Å². The lowest BCUT2D eigenvalue weighted by atomic mass is 9.87. The van der Waals surface area contributed by atoms with E-state index in [0.717, 1.165) is 38.7 Å². The number of fused-ring (bicyclic) bond motifs is 2. The average molecular weight is 463 g/mol. The van der Waals surface area contributed by atoms with E-state index in [1.807, 2.05) is 87.5 Å². The van der Waals surface area contributed by atoms with Crippen molar-refractivity contribution in [3.05, 3.63) is 107 Å². The summed E-state index contributed by atoms with van der Waals surface area (Å²) >= 11 is 0. The zero-order valence-electron chi connectivity index (χ0n) is 19.9. The maximum atomic E-state index is 14.1. The van der Waals surface area contributed by atoms with E-state index in [0.29, 0.717) is 5.69 Å². The molecule has 0 saturated carbocycles. The van der Waals surface area contributed by atoms with E-state index < -0.39 is 18.1 Å². The van der Waals surface area contributed by atoms with E-state index in [1.165, 1.54) is 4.90 Å². The Morgan fingerprint density at radius 2 is 1.40 bits per heavy atom. The number of hydrogen-bond donors (Lipinski definition) is 0. The van der Waals surface area contributed by atoms with Crippen molar-refractivity contribution < 1.29 is 14.4 Å². The summed E-state index contributed by atoms with van der Waals surface area (Å²) in [7, 11) is 0. The molecular formula is C30H26N2O3. The standard InChI is InChI=1S/C30H26N2O3/c1-18-16-19(2)26(20(3)17-18)31-29(33)25-27(24-15-9-11-21-10-7-8-14-23(21)24)32(35-28(25)30(31)34)22-12-5-4-6-13-22/h4-17,25,27-28H,1-3H3. The van der Waals surface area contributed by atoms with Crippen molar-refractivity contribution in [2.24, 2.45) is 5.92 Å². The van der Waals surface area contributed by atoms with E-state index in [2.05, 4.69) is 18.2 Å². The predicted octanol–water partition coefficient (Wildman–Crippen LogP) is 5.82. The van der Waals surface area contributed by atoms with Crippen molar-refractivity contribution in [1.29, 1.82) is 0 Å². The minimum absolute atomic E-state index is 0.216. The van der Waals surface area contributed by atoms with Gasteiger partial charge in [-0.2, -0.15) is 0 Å². The quantitative estimate of drug-likeness (QED) is 0.360. The van der Waals surface area contributed by atoms with Gasteiger partial charge in [-0.05, 0) is 60.4 Å². The molecule has 0 aliphatic carbocycles. The van der Waals surface area contributed by atoms with Gasteiger partial charge < -0.3 is 0 Å². The molecule has 0 N–H and O–H groups in total. The Morgan fingerprint density at radius 1 is 0.743 bits per heavy atom. The summed E-state index contributed by atoms with van der Waals surface area (Å²) in [6.45, 7) is 5.91. The van der Waals surface area contributed by atoms with Gasteiger partial charge in [-0.1, -0.05) is 78.4 Å². The van der Waals surface area contributed by atoms with Gasteiger partial charge in [0.2, 0.25) is 5.91 Å². The number of benzene rings is 4. The Bertz CT molecular complexity index is 1450. The maximum Gasteiger partial charge on any atom is 0.266 e. The molecule has 5 heteroatoms. The highest BCUT2D eigenvalue weighted by Crippen LogP contribution is 2.49. The van der Waals surface area contributed by atoms with E-state index >= 15 is 0 Å². The van der Waals surface area contributed by atoms with Crippen LogP contribution in [0.4, 0.5) is 11.4 Å². The number of para-hydroxylation sites is 1. The summed E-state index contributed by atoms with van der Waals surface area (Å²) in [6, 6.07) is 27.5. The third-order valence-corrected chi connectivity index (χ3v) is 7.13. The van der Waals surface area contributed by atoms with Crippen LogP contribution in [0.15, 0.2) is 84.9 Å². The number of aryl methyl sites for hydroxylation is 3. The second kappa shape index (κ2) is 8.07. The van der Waals surface area contributed by atoms with Crippen LogP contribution in [0.3, 0.4) is 0 Å². The number of hydrogen-bond acceptors (Lipinski definition) is 4. The molecule has 3 unspecified atom stereocenters. The fraction of sp³-hybridized carbons (Fsp3) is 0.200. The first-order valence-corrected chi connectivity index (χ1v) is 11.9. The minimum atomic E-state index is -0.883. The molecular weight excluding hydrogens is 436 g/mol. The zero-order valence-corrected chi connectivity index (χ0v) is 19.9. The lowest BCUT2D eigenvalue weighted by molar-refractivity contribution is -0.126. The van der Waals surface area contributed by atoms with Crippen molar-refractivity contribution >= 4 is 34.0 Å². The second-order valence-electron chi connectivity index (χ2n) is 9.49. The molecule has 2 fully saturated rings. The van der Waals surface area contributed by atoms with Crippen LogP contribution < -0.4 is 9.96 Å². The van der Waals surface area contributed by atoms with Gasteiger partial charge >= 0.3 is 0 Å². The van der Waals surface area contributed by atoms with Gasteiger partial charge in [-0.15, -0.1) is 0 Å². The Balaban J connectivity index is 1.52. The Hall–Kier alpha value is -3.96. The van der Waals surface area contributed by atoms with Gasteiger partial charge in [-0.25, -0.2) is 9.96 Å². The highest BCUT2D eigenvalue weighted by atomic mass is 16.7. The normalized spacial score (nSPS) is 21.7. The Kier molecular flexibility index (Phi) is 4.97. The summed E-state index contributed by atoms with van der Waals surface area (Å²) in [5, 5.41) is 3.89. The van der Waals surface area contributed by atoms with Crippen LogP contribution in [0.5, 0.6) is 0 Å². The van der Waals surface area contributed by atoms with Crippen LogP contribution >= 0.6 is 0 Å². The van der Waals surface area contributed by atoms with Crippen LogP contribution in [0.1, 0.15) is 28.3 Å². The van der Waals surface area contributed by atoms with Crippen LogP contribution in [0, 0.1) is 26.7 Å². The average Bonchev–Trinajstić information content (AvgIpc) is 3.35. The number of carbonyl (C=O) groups is 2. The molecule has 0 radical (unpaired) electrons. The third kappa shape index (κ3) is 3.27. The molecule has 35 heavy (non-hydrogen) atoms. The van der Waals surface area contributed by atoms with Gasteiger partial charge in [0.05, 0.1) is 17.4 Å². The summed E-state index contributed by atoms with van der Waals surface area (Å²) < 4.78 is 0. The summed E-state index contributed by atoms with van der Waals surface area (Å²) in [5.74, 6) is -1.18. The first-order chi connectivity index (χ1) is 17.0. The highest BCUT2D eigenvalue weighted by molar-refractivity contribution is 6.24. The van der Waals surface area contributed by atoms with Gasteiger partial charge in [0, 0.05) is 0 Å². The van der Waals surface area contributed by atoms with Crippen LogP contribution in [0.25, 0.3) is 10.8 Å². The lowest BCUT2D eigenvalue weighted by Crippen LogP contribution is -2.38. The van der Waals surface area contributed by atoms with Crippen molar-refractivity contribution in [3.8, 4) is 0 Å². The molecule has 174 valence electrons. The number of imide groups is 1. The molecule has 2 aliphatic heterocycles. The van der Waals surface area contributed by atoms with Crippen LogP contribution in [-0.4, -0.2) is 17.9 Å². The molecule has 2 amide bonds.